The topological polar surface area (TPSA) is 58.3 Å². The quantitative estimate of drug-likeness (QED) is 0.841. The molecule has 0 amide bonds. The van der Waals surface area contributed by atoms with Crippen molar-refractivity contribution in [2.75, 3.05) is 37.7 Å². The van der Waals surface area contributed by atoms with Gasteiger partial charge in [0.15, 0.2) is 0 Å². The number of hydrogen-bond acceptors (Lipinski definition) is 7. The third-order valence-corrected chi connectivity index (χ3v) is 5.78. The molecule has 24 heavy (non-hydrogen) atoms. The maximum Gasteiger partial charge on any atom is 0.241 e. The molecule has 0 saturated carbocycles. The van der Waals surface area contributed by atoms with Gasteiger partial charge in [-0.25, -0.2) is 0 Å². The van der Waals surface area contributed by atoms with Crippen LogP contribution in [0.5, 0.6) is 0 Å². The van der Waals surface area contributed by atoms with Crippen molar-refractivity contribution in [2.45, 2.75) is 25.4 Å². The van der Waals surface area contributed by atoms with Crippen LogP contribution < -0.4 is 0 Å². The molecule has 2 fully saturated rings. The maximum atomic E-state index is 5.41. The molecule has 7 heteroatoms. The molecule has 2 saturated heterocycles. The van der Waals surface area contributed by atoms with Crippen LogP contribution in [0.1, 0.15) is 18.7 Å². The number of piperidine rings is 1. The summed E-state index contributed by atoms with van der Waals surface area (Å²) in [7, 11) is 0. The molecule has 0 radical (unpaired) electrons. The van der Waals surface area contributed by atoms with Crippen LogP contribution in [0.2, 0.25) is 0 Å². The molecular formula is C17H23N5OS. The van der Waals surface area contributed by atoms with E-state index in [4.69, 9.17) is 4.52 Å². The fourth-order valence-electron chi connectivity index (χ4n) is 3.49. The summed E-state index contributed by atoms with van der Waals surface area (Å²) in [4.78, 5) is 13.9. The summed E-state index contributed by atoms with van der Waals surface area (Å²) < 4.78 is 5.41. The number of pyridine rings is 1. The van der Waals surface area contributed by atoms with E-state index in [1.165, 1.54) is 37.4 Å². The SMILES string of the molecule is c1ccc(-c2noc(CN3CCC(N4CCSCC4)CC3)n2)nc1. The van der Waals surface area contributed by atoms with Crippen LogP contribution in [0.3, 0.4) is 0 Å². The second-order valence-electron chi connectivity index (χ2n) is 6.38. The number of likely N-dealkylation sites (tertiary alicyclic amines) is 1. The van der Waals surface area contributed by atoms with Crippen molar-refractivity contribution in [3.05, 3.63) is 30.3 Å². The highest BCUT2D eigenvalue weighted by Crippen LogP contribution is 2.22. The third-order valence-electron chi connectivity index (χ3n) is 4.84. The minimum atomic E-state index is 0.575. The number of nitrogens with zero attached hydrogens (tertiary/aromatic N) is 5. The molecule has 0 bridgehead atoms. The average Bonchev–Trinajstić information content (AvgIpc) is 3.12. The van der Waals surface area contributed by atoms with Gasteiger partial charge in [-0.1, -0.05) is 11.2 Å². The normalized spacial score (nSPS) is 21.2. The van der Waals surface area contributed by atoms with Crippen molar-refractivity contribution in [1.29, 1.82) is 0 Å². The summed E-state index contributed by atoms with van der Waals surface area (Å²) >= 11 is 2.08. The zero-order chi connectivity index (χ0) is 16.2. The first kappa shape index (κ1) is 16.1. The highest BCUT2D eigenvalue weighted by Gasteiger charge is 2.26. The van der Waals surface area contributed by atoms with Crippen molar-refractivity contribution in [3.63, 3.8) is 0 Å². The van der Waals surface area contributed by atoms with Crippen molar-refractivity contribution in [1.82, 2.24) is 24.9 Å². The second-order valence-corrected chi connectivity index (χ2v) is 7.61. The van der Waals surface area contributed by atoms with E-state index in [1.54, 1.807) is 6.20 Å². The van der Waals surface area contributed by atoms with Crippen molar-refractivity contribution < 1.29 is 4.52 Å². The molecule has 0 N–H and O–H groups in total. The van der Waals surface area contributed by atoms with Gasteiger partial charge in [0.2, 0.25) is 11.7 Å². The van der Waals surface area contributed by atoms with Crippen LogP contribution >= 0.6 is 11.8 Å². The van der Waals surface area contributed by atoms with E-state index in [0.29, 0.717) is 11.7 Å². The van der Waals surface area contributed by atoms with Gasteiger partial charge in [0, 0.05) is 49.9 Å². The van der Waals surface area contributed by atoms with E-state index in [2.05, 4.69) is 36.7 Å². The molecule has 0 aromatic carbocycles. The Labute approximate surface area is 146 Å². The van der Waals surface area contributed by atoms with E-state index < -0.39 is 0 Å². The van der Waals surface area contributed by atoms with Gasteiger partial charge < -0.3 is 4.52 Å². The van der Waals surface area contributed by atoms with E-state index in [9.17, 15) is 0 Å². The van der Waals surface area contributed by atoms with Gasteiger partial charge in [0.25, 0.3) is 0 Å². The summed E-state index contributed by atoms with van der Waals surface area (Å²) in [5.41, 5.74) is 0.758. The lowest BCUT2D eigenvalue weighted by molar-refractivity contribution is 0.105. The first-order chi connectivity index (χ1) is 11.9. The Hall–Kier alpha value is -1.44. The minimum absolute atomic E-state index is 0.575. The lowest BCUT2D eigenvalue weighted by Crippen LogP contribution is -2.47. The van der Waals surface area contributed by atoms with Crippen molar-refractivity contribution >= 4 is 11.8 Å². The maximum absolute atomic E-state index is 5.41. The Balaban J connectivity index is 1.30. The molecule has 4 rings (SSSR count). The summed E-state index contributed by atoms with van der Waals surface area (Å²) in [6.45, 7) is 5.46. The molecular weight excluding hydrogens is 322 g/mol. The van der Waals surface area contributed by atoms with Crippen LogP contribution in [0.25, 0.3) is 11.5 Å². The Morgan fingerprint density at radius 3 is 2.71 bits per heavy atom. The Morgan fingerprint density at radius 1 is 1.12 bits per heavy atom. The predicted molar refractivity (Wildman–Crippen MR) is 94.7 cm³/mol. The molecule has 2 aromatic rings. The van der Waals surface area contributed by atoms with Crippen LogP contribution in [0.4, 0.5) is 0 Å². The van der Waals surface area contributed by atoms with Crippen LogP contribution in [0.15, 0.2) is 28.9 Å². The Kier molecular flexibility index (Phi) is 5.10. The molecule has 0 unspecified atom stereocenters. The number of hydrogen-bond donors (Lipinski definition) is 0. The summed E-state index contributed by atoms with van der Waals surface area (Å²) in [6.07, 6.45) is 4.23. The van der Waals surface area contributed by atoms with Crippen molar-refractivity contribution in [3.8, 4) is 11.5 Å². The standard InChI is InChI=1S/C17H23N5OS/c1-2-6-18-15(3-1)17-19-16(23-20-17)13-21-7-4-14(5-8-21)22-9-11-24-12-10-22/h1-3,6,14H,4-5,7-13H2. The summed E-state index contributed by atoms with van der Waals surface area (Å²) in [5.74, 6) is 3.84. The van der Waals surface area contributed by atoms with E-state index >= 15 is 0 Å². The van der Waals surface area contributed by atoms with Gasteiger partial charge in [-0.3, -0.25) is 14.8 Å². The first-order valence-electron chi connectivity index (χ1n) is 8.66. The Morgan fingerprint density at radius 2 is 1.96 bits per heavy atom. The third kappa shape index (κ3) is 3.79. The molecule has 6 nitrogen and oxygen atoms in total. The van der Waals surface area contributed by atoms with Crippen LogP contribution in [-0.2, 0) is 6.54 Å². The zero-order valence-electron chi connectivity index (χ0n) is 13.8. The lowest BCUT2D eigenvalue weighted by Gasteiger charge is -2.39. The van der Waals surface area contributed by atoms with Gasteiger partial charge in [0.1, 0.15) is 5.69 Å². The monoisotopic (exact) mass is 345 g/mol. The van der Waals surface area contributed by atoms with Gasteiger partial charge in [-0.15, -0.1) is 0 Å². The molecule has 2 aliphatic heterocycles. The van der Waals surface area contributed by atoms with Crippen molar-refractivity contribution in [2.24, 2.45) is 0 Å². The number of aromatic nitrogens is 3. The molecule has 128 valence electrons. The molecule has 2 aliphatic rings. The fourth-order valence-corrected chi connectivity index (χ4v) is 4.43. The van der Waals surface area contributed by atoms with Gasteiger partial charge >= 0.3 is 0 Å². The molecule has 0 spiro atoms. The Bertz CT molecular complexity index is 635. The highest BCUT2D eigenvalue weighted by atomic mass is 32.2. The summed E-state index contributed by atoms with van der Waals surface area (Å²) in [5, 5.41) is 4.05. The molecule has 0 atom stereocenters. The van der Waals surface area contributed by atoms with E-state index in [-0.39, 0.29) is 0 Å². The fraction of sp³-hybridized carbons (Fsp3) is 0.588. The first-order valence-corrected chi connectivity index (χ1v) is 9.82. The summed E-state index contributed by atoms with van der Waals surface area (Å²) in [6, 6.07) is 6.48. The smallest absolute Gasteiger partial charge is 0.241 e. The van der Waals surface area contributed by atoms with E-state index in [1.807, 2.05) is 18.2 Å². The molecule has 0 aliphatic carbocycles. The predicted octanol–water partition coefficient (Wildman–Crippen LogP) is 2.14. The molecule has 2 aromatic heterocycles. The lowest BCUT2D eigenvalue weighted by atomic mass is 10.0. The number of thioether (sulfide) groups is 1. The van der Waals surface area contributed by atoms with Crippen LogP contribution in [-0.4, -0.2) is 68.7 Å². The second kappa shape index (κ2) is 7.63. The van der Waals surface area contributed by atoms with Gasteiger partial charge in [-0.05, 0) is 25.0 Å². The van der Waals surface area contributed by atoms with Gasteiger partial charge in [-0.2, -0.15) is 16.7 Å². The minimum Gasteiger partial charge on any atom is -0.337 e. The zero-order valence-corrected chi connectivity index (χ0v) is 14.6. The largest absolute Gasteiger partial charge is 0.337 e. The van der Waals surface area contributed by atoms with Crippen LogP contribution in [0, 0.1) is 0 Å². The van der Waals surface area contributed by atoms with E-state index in [0.717, 1.165) is 31.4 Å². The highest BCUT2D eigenvalue weighted by molar-refractivity contribution is 7.99. The molecule has 4 heterocycles. The van der Waals surface area contributed by atoms with Gasteiger partial charge in [0.05, 0.1) is 6.54 Å². The number of rotatable bonds is 4. The average molecular weight is 345 g/mol.